The van der Waals surface area contributed by atoms with Gasteiger partial charge in [0.2, 0.25) is 5.91 Å². The van der Waals surface area contributed by atoms with E-state index in [0.717, 1.165) is 18.4 Å². The van der Waals surface area contributed by atoms with Crippen molar-refractivity contribution < 1.29 is 23.9 Å². The number of nitrogens with one attached hydrogen (secondary N) is 2. The van der Waals surface area contributed by atoms with Gasteiger partial charge in [-0.25, -0.2) is 0 Å². The smallest absolute Gasteiger partial charge is 0.306 e. The van der Waals surface area contributed by atoms with Gasteiger partial charge in [0.25, 0.3) is 5.91 Å². The summed E-state index contributed by atoms with van der Waals surface area (Å²) < 4.78 is 10.1. The van der Waals surface area contributed by atoms with E-state index in [1.54, 1.807) is 7.11 Å². The van der Waals surface area contributed by atoms with Crippen molar-refractivity contribution in [1.82, 2.24) is 10.6 Å². The predicted octanol–water partition coefficient (Wildman–Crippen LogP) is 1.55. The van der Waals surface area contributed by atoms with Gasteiger partial charge in [-0.05, 0) is 18.9 Å². The Morgan fingerprint density at radius 3 is 2.52 bits per heavy atom. The molecule has 0 aromatic heterocycles. The fourth-order valence-corrected chi connectivity index (χ4v) is 2.15. The number of unbranched alkanes of at least 4 members (excludes halogenated alkanes) is 2. The van der Waals surface area contributed by atoms with E-state index in [4.69, 9.17) is 9.47 Å². The summed E-state index contributed by atoms with van der Waals surface area (Å²) in [6.07, 6.45) is 2.56. The highest BCUT2D eigenvalue weighted by Crippen LogP contribution is 2.16. The lowest BCUT2D eigenvalue weighted by Gasteiger charge is -2.10. The van der Waals surface area contributed by atoms with Gasteiger partial charge in [0.1, 0.15) is 5.75 Å². The first kappa shape index (κ1) is 20.5. The third-order valence-electron chi connectivity index (χ3n) is 3.46. The Morgan fingerprint density at radius 1 is 1.04 bits per heavy atom. The maximum atomic E-state index is 11.7. The van der Waals surface area contributed by atoms with E-state index in [1.807, 2.05) is 24.3 Å². The molecule has 0 atom stereocenters. The van der Waals surface area contributed by atoms with Gasteiger partial charge >= 0.3 is 5.97 Å². The van der Waals surface area contributed by atoms with Crippen LogP contribution in [0.2, 0.25) is 0 Å². The van der Waals surface area contributed by atoms with Gasteiger partial charge < -0.3 is 20.1 Å². The number of rotatable bonds is 11. The minimum atomic E-state index is -0.396. The number of para-hydroxylation sites is 1. The standard InChI is InChI=1S/C18H26N2O5/c1-14(21)19-11-7-3-4-10-18(23)25-13-17(22)20-12-15-8-5-6-9-16(15)24-2/h5-6,8-9H,3-4,7,10-13H2,1-2H3,(H,19,21)(H,20,22). The van der Waals surface area contributed by atoms with Crippen molar-refractivity contribution in [3.63, 3.8) is 0 Å². The van der Waals surface area contributed by atoms with Gasteiger partial charge in [0.05, 0.1) is 7.11 Å². The van der Waals surface area contributed by atoms with E-state index in [9.17, 15) is 14.4 Å². The highest BCUT2D eigenvalue weighted by Gasteiger charge is 2.08. The molecule has 2 amide bonds. The minimum absolute atomic E-state index is 0.0569. The van der Waals surface area contributed by atoms with Crippen molar-refractivity contribution in [3.8, 4) is 5.75 Å². The van der Waals surface area contributed by atoms with Crippen molar-refractivity contribution in [1.29, 1.82) is 0 Å². The Hall–Kier alpha value is -2.57. The van der Waals surface area contributed by atoms with Gasteiger partial charge in [-0.15, -0.1) is 0 Å². The molecule has 0 saturated heterocycles. The maximum Gasteiger partial charge on any atom is 0.306 e. The van der Waals surface area contributed by atoms with Crippen molar-refractivity contribution in [2.45, 2.75) is 39.2 Å². The number of esters is 1. The van der Waals surface area contributed by atoms with Crippen LogP contribution in [0, 0.1) is 0 Å². The molecular formula is C18H26N2O5. The van der Waals surface area contributed by atoms with E-state index >= 15 is 0 Å². The molecular weight excluding hydrogens is 324 g/mol. The molecule has 138 valence electrons. The average molecular weight is 350 g/mol. The van der Waals surface area contributed by atoms with Crippen LogP contribution in [0.3, 0.4) is 0 Å². The highest BCUT2D eigenvalue weighted by atomic mass is 16.5. The van der Waals surface area contributed by atoms with E-state index in [-0.39, 0.29) is 24.8 Å². The molecule has 7 heteroatoms. The molecule has 0 heterocycles. The first-order valence-corrected chi connectivity index (χ1v) is 8.31. The predicted molar refractivity (Wildman–Crippen MR) is 93.0 cm³/mol. The Morgan fingerprint density at radius 2 is 1.80 bits per heavy atom. The molecule has 1 rings (SSSR count). The molecule has 0 radical (unpaired) electrons. The zero-order chi connectivity index (χ0) is 18.5. The summed E-state index contributed by atoms with van der Waals surface area (Å²) in [5, 5.41) is 5.38. The quantitative estimate of drug-likeness (QED) is 0.466. The first-order valence-electron chi connectivity index (χ1n) is 8.31. The van der Waals surface area contributed by atoms with Gasteiger partial charge in [0.15, 0.2) is 6.61 Å². The van der Waals surface area contributed by atoms with Crippen LogP contribution in [-0.4, -0.2) is 38.0 Å². The Labute approximate surface area is 148 Å². The molecule has 0 aliphatic carbocycles. The number of carbonyl (C=O) groups excluding carboxylic acids is 3. The fourth-order valence-electron chi connectivity index (χ4n) is 2.15. The lowest BCUT2D eigenvalue weighted by atomic mass is 10.2. The second-order valence-electron chi connectivity index (χ2n) is 5.54. The van der Waals surface area contributed by atoms with Crippen LogP contribution in [0.5, 0.6) is 5.75 Å². The number of ether oxygens (including phenoxy) is 2. The van der Waals surface area contributed by atoms with Gasteiger partial charge in [0, 0.05) is 32.0 Å². The van der Waals surface area contributed by atoms with E-state index < -0.39 is 5.97 Å². The normalized spacial score (nSPS) is 10.0. The number of benzene rings is 1. The summed E-state index contributed by atoms with van der Waals surface area (Å²) in [4.78, 5) is 34.0. The summed E-state index contributed by atoms with van der Waals surface area (Å²) in [6, 6.07) is 7.37. The van der Waals surface area contributed by atoms with Crippen molar-refractivity contribution in [2.24, 2.45) is 0 Å². The Balaban J connectivity index is 2.12. The van der Waals surface area contributed by atoms with Crippen LogP contribution in [0.4, 0.5) is 0 Å². The minimum Gasteiger partial charge on any atom is -0.496 e. The molecule has 7 nitrogen and oxygen atoms in total. The molecule has 0 spiro atoms. The lowest BCUT2D eigenvalue weighted by Crippen LogP contribution is -2.28. The molecule has 0 bridgehead atoms. The molecule has 25 heavy (non-hydrogen) atoms. The second-order valence-corrected chi connectivity index (χ2v) is 5.54. The topological polar surface area (TPSA) is 93.7 Å². The number of carbonyl (C=O) groups is 3. The highest BCUT2D eigenvalue weighted by molar-refractivity contribution is 5.80. The summed E-state index contributed by atoms with van der Waals surface area (Å²) in [7, 11) is 1.57. The molecule has 1 aromatic carbocycles. The zero-order valence-electron chi connectivity index (χ0n) is 14.8. The summed E-state index contributed by atoms with van der Waals surface area (Å²) in [5.41, 5.74) is 0.851. The van der Waals surface area contributed by atoms with Crippen molar-refractivity contribution >= 4 is 17.8 Å². The number of methoxy groups -OCH3 is 1. The van der Waals surface area contributed by atoms with Crippen LogP contribution in [0.1, 0.15) is 38.2 Å². The molecule has 0 aliphatic heterocycles. The third-order valence-corrected chi connectivity index (χ3v) is 3.46. The summed E-state index contributed by atoms with van der Waals surface area (Å²) in [5.74, 6) is -0.116. The van der Waals surface area contributed by atoms with Crippen LogP contribution in [0.15, 0.2) is 24.3 Å². The molecule has 0 unspecified atom stereocenters. The molecule has 0 saturated carbocycles. The second kappa shape index (κ2) is 11.9. The van der Waals surface area contributed by atoms with Gasteiger partial charge in [-0.1, -0.05) is 24.6 Å². The Kier molecular flexibility index (Phi) is 9.74. The molecule has 2 N–H and O–H groups in total. The SMILES string of the molecule is COc1ccccc1CNC(=O)COC(=O)CCCCCNC(C)=O. The van der Waals surface area contributed by atoms with Crippen LogP contribution in [0.25, 0.3) is 0 Å². The molecule has 0 aliphatic rings. The number of hydrogen-bond donors (Lipinski definition) is 2. The largest absolute Gasteiger partial charge is 0.496 e. The summed E-state index contributed by atoms with van der Waals surface area (Å²) in [6.45, 7) is 2.09. The monoisotopic (exact) mass is 350 g/mol. The van der Waals surface area contributed by atoms with Crippen LogP contribution >= 0.6 is 0 Å². The van der Waals surface area contributed by atoms with Crippen molar-refractivity contribution in [3.05, 3.63) is 29.8 Å². The Bertz CT molecular complexity index is 574. The number of amides is 2. The third kappa shape index (κ3) is 9.34. The zero-order valence-corrected chi connectivity index (χ0v) is 14.8. The first-order chi connectivity index (χ1) is 12.0. The maximum absolute atomic E-state index is 11.7. The fraction of sp³-hybridized carbons (Fsp3) is 0.500. The van der Waals surface area contributed by atoms with Gasteiger partial charge in [-0.3, -0.25) is 14.4 Å². The van der Waals surface area contributed by atoms with Crippen LogP contribution in [-0.2, 0) is 25.7 Å². The van der Waals surface area contributed by atoms with E-state index in [1.165, 1.54) is 6.92 Å². The van der Waals surface area contributed by atoms with Gasteiger partial charge in [-0.2, -0.15) is 0 Å². The lowest BCUT2D eigenvalue weighted by molar-refractivity contribution is -0.148. The van der Waals surface area contributed by atoms with Crippen molar-refractivity contribution in [2.75, 3.05) is 20.3 Å². The van der Waals surface area contributed by atoms with Crippen LogP contribution < -0.4 is 15.4 Å². The summed E-state index contributed by atoms with van der Waals surface area (Å²) >= 11 is 0. The molecule has 0 fully saturated rings. The number of hydrogen-bond acceptors (Lipinski definition) is 5. The average Bonchev–Trinajstić information content (AvgIpc) is 2.61. The van der Waals surface area contributed by atoms with E-state index in [2.05, 4.69) is 10.6 Å². The van der Waals surface area contributed by atoms with E-state index in [0.29, 0.717) is 25.3 Å². The molecule has 1 aromatic rings.